The van der Waals surface area contributed by atoms with E-state index in [2.05, 4.69) is 116 Å². The van der Waals surface area contributed by atoms with Crippen LogP contribution < -0.4 is 4.57 Å². The van der Waals surface area contributed by atoms with Crippen molar-refractivity contribution in [1.29, 1.82) is 0 Å². The van der Waals surface area contributed by atoms with Crippen LogP contribution in [0.4, 0.5) is 0 Å². The summed E-state index contributed by atoms with van der Waals surface area (Å²) in [6.07, 6.45) is 1.17. The van der Waals surface area contributed by atoms with Gasteiger partial charge < -0.3 is 0 Å². The zero-order valence-electron chi connectivity index (χ0n) is 16.4. The lowest BCUT2D eigenvalue weighted by molar-refractivity contribution is -0.684. The molecule has 0 radical (unpaired) electrons. The Balaban J connectivity index is 0.000000392. The van der Waals surface area contributed by atoms with E-state index in [0.29, 0.717) is 0 Å². The lowest BCUT2D eigenvalue weighted by Crippen LogP contribution is -2.37. The Labute approximate surface area is 166 Å². The molecular formula is C19H32I2N2+2. The molecule has 0 aliphatic carbocycles. The van der Waals surface area contributed by atoms with Crippen LogP contribution in [0.2, 0.25) is 0 Å². The van der Waals surface area contributed by atoms with Gasteiger partial charge >= 0.3 is 0 Å². The first kappa shape index (κ1) is 23.0. The van der Waals surface area contributed by atoms with Crippen molar-refractivity contribution in [3.8, 4) is 0 Å². The second kappa shape index (κ2) is 10.1. The summed E-state index contributed by atoms with van der Waals surface area (Å²) in [5, 5.41) is 0. The predicted octanol–water partition coefficient (Wildman–Crippen LogP) is 5.61. The molecule has 0 unspecified atom stereocenters. The molecule has 1 aliphatic heterocycles. The maximum absolute atomic E-state index is 2.26. The summed E-state index contributed by atoms with van der Waals surface area (Å²) in [7, 11) is 4.26. The molecule has 2 nitrogen and oxygen atoms in total. The van der Waals surface area contributed by atoms with Crippen LogP contribution in [0.3, 0.4) is 0 Å². The molecule has 0 saturated carbocycles. The highest BCUT2D eigenvalue weighted by Gasteiger charge is 2.19. The first-order valence-corrected chi connectivity index (χ1v) is 14.2. The summed E-state index contributed by atoms with van der Waals surface area (Å²) in [5.41, 5.74) is 11.4. The number of halogens is 2. The van der Waals surface area contributed by atoms with Crippen molar-refractivity contribution >= 4 is 42.9 Å². The van der Waals surface area contributed by atoms with E-state index in [0.717, 1.165) is 0 Å². The molecule has 0 aromatic carbocycles. The van der Waals surface area contributed by atoms with E-state index in [1.54, 1.807) is 0 Å². The summed E-state index contributed by atoms with van der Waals surface area (Å²) in [4.78, 5) is 0. The number of pyridine rings is 1. The molecule has 2 rings (SSSR count). The van der Waals surface area contributed by atoms with Crippen LogP contribution in [-0.2, 0) is 7.05 Å². The van der Waals surface area contributed by atoms with Gasteiger partial charge in [0.15, 0.2) is 22.8 Å². The Morgan fingerprint density at radius 3 is 1.30 bits per heavy atom. The Hall–Kier alpha value is 0.0200. The van der Waals surface area contributed by atoms with Crippen molar-refractivity contribution in [3.05, 3.63) is 39.3 Å². The quantitative estimate of drug-likeness (QED) is 0.297. The highest BCUT2D eigenvalue weighted by Crippen LogP contribution is 2.16. The highest BCUT2D eigenvalue weighted by molar-refractivity contribution is 15.0. The van der Waals surface area contributed by atoms with Crippen molar-refractivity contribution in [1.82, 2.24) is 0 Å². The van der Waals surface area contributed by atoms with Crippen LogP contribution in [0.15, 0.2) is 11.3 Å². The minimum Gasteiger partial charge on any atom is -0.207 e. The second-order valence-electron chi connectivity index (χ2n) is 6.44. The van der Waals surface area contributed by atoms with E-state index in [1.165, 1.54) is 51.5 Å². The standard InChI is InChI=1S/C11H18N.C8H14N.I2/c1-7-8(2)10(4)12(6)11(5)9(7)3;1-6-5-7(2)9(4)8(6)3;1-2/h1-6H3;5H2,1-4H3;/q2*+1;. The molecule has 0 bridgehead atoms. The van der Waals surface area contributed by atoms with E-state index in [9.17, 15) is 0 Å². The number of aromatic nitrogens is 1. The predicted molar refractivity (Wildman–Crippen MR) is 119 cm³/mol. The molecule has 1 aromatic heterocycles. The minimum atomic E-state index is 1.17. The van der Waals surface area contributed by atoms with Crippen LogP contribution in [0, 0.1) is 34.6 Å². The second-order valence-corrected chi connectivity index (χ2v) is 6.44. The SMILES string of the molecule is CC1=C(C)[N+](C)=C(C)C1.Cc1c(C)c(C)[n+](C)c(C)c1C.II. The van der Waals surface area contributed by atoms with Crippen LogP contribution in [0.25, 0.3) is 0 Å². The fraction of sp³-hybridized carbons (Fsp3) is 0.579. The van der Waals surface area contributed by atoms with Gasteiger partial charge in [0.1, 0.15) is 14.1 Å². The summed E-state index contributed by atoms with van der Waals surface area (Å²) in [6, 6.07) is 0. The van der Waals surface area contributed by atoms with Crippen LogP contribution >= 0.6 is 37.2 Å². The normalized spacial score (nSPS) is 13.6. The molecule has 0 spiro atoms. The van der Waals surface area contributed by atoms with Crippen molar-refractivity contribution in [2.24, 2.45) is 7.05 Å². The van der Waals surface area contributed by atoms with Crippen LogP contribution in [0.5, 0.6) is 0 Å². The van der Waals surface area contributed by atoms with Crippen molar-refractivity contribution < 1.29 is 9.14 Å². The molecular weight excluding hydrogens is 510 g/mol. The van der Waals surface area contributed by atoms with Crippen LogP contribution in [-0.4, -0.2) is 17.3 Å². The van der Waals surface area contributed by atoms with E-state index >= 15 is 0 Å². The third kappa shape index (κ3) is 5.51. The topological polar surface area (TPSA) is 6.89 Å². The number of hydrogen-bond acceptors (Lipinski definition) is 0. The maximum Gasteiger partial charge on any atom is 0.181 e. The largest absolute Gasteiger partial charge is 0.207 e. The van der Waals surface area contributed by atoms with Crippen molar-refractivity contribution in [2.75, 3.05) is 7.05 Å². The number of allylic oxidation sites excluding steroid dienone is 2. The van der Waals surface area contributed by atoms with E-state index in [1.807, 2.05) is 0 Å². The van der Waals surface area contributed by atoms with Gasteiger partial charge in [-0.25, -0.2) is 9.14 Å². The van der Waals surface area contributed by atoms with Gasteiger partial charge in [0, 0.05) is 81.6 Å². The Bertz CT molecular complexity index is 514. The lowest BCUT2D eigenvalue weighted by atomic mass is 10.0. The van der Waals surface area contributed by atoms with E-state index in [4.69, 9.17) is 0 Å². The summed E-state index contributed by atoms with van der Waals surface area (Å²) in [5.74, 6) is 0. The Kier molecular flexibility index (Phi) is 10.1. The molecule has 0 fully saturated rings. The van der Waals surface area contributed by atoms with Gasteiger partial charge in [0.05, 0.1) is 6.42 Å². The van der Waals surface area contributed by atoms with Gasteiger partial charge in [-0.15, -0.1) is 0 Å². The average molecular weight is 542 g/mol. The molecule has 23 heavy (non-hydrogen) atoms. The number of nitrogens with zero attached hydrogens (tertiary/aromatic N) is 2. The van der Waals surface area contributed by atoms with E-state index in [-0.39, 0.29) is 0 Å². The van der Waals surface area contributed by atoms with E-state index < -0.39 is 0 Å². The van der Waals surface area contributed by atoms with Gasteiger partial charge in [-0.05, 0) is 33.3 Å². The first-order chi connectivity index (χ1) is 10.6. The minimum absolute atomic E-state index is 1.17. The zero-order valence-corrected chi connectivity index (χ0v) is 20.7. The molecule has 1 aliphatic rings. The molecule has 0 N–H and O–H groups in total. The summed E-state index contributed by atoms with van der Waals surface area (Å²) < 4.78 is 4.52. The smallest absolute Gasteiger partial charge is 0.181 e. The Morgan fingerprint density at radius 1 is 0.696 bits per heavy atom. The monoisotopic (exact) mass is 542 g/mol. The highest BCUT2D eigenvalue weighted by atomic mass is 128. The average Bonchev–Trinajstić information content (AvgIpc) is 2.78. The zero-order chi connectivity index (χ0) is 18.5. The van der Waals surface area contributed by atoms with Crippen molar-refractivity contribution in [2.45, 2.75) is 61.8 Å². The maximum atomic E-state index is 2.26. The third-order valence-corrected chi connectivity index (χ3v) is 5.43. The van der Waals surface area contributed by atoms with Gasteiger partial charge in [-0.3, -0.25) is 0 Å². The number of rotatable bonds is 0. The van der Waals surface area contributed by atoms with Gasteiger partial charge in [0.25, 0.3) is 0 Å². The van der Waals surface area contributed by atoms with Gasteiger partial charge in [-0.2, -0.15) is 0 Å². The third-order valence-electron chi connectivity index (χ3n) is 5.43. The fourth-order valence-corrected chi connectivity index (χ4v) is 2.78. The lowest BCUT2D eigenvalue weighted by Gasteiger charge is -2.09. The molecule has 130 valence electrons. The molecule has 0 amide bonds. The molecule has 1 aromatic rings. The number of hydrogen-bond donors (Lipinski definition) is 0. The molecule has 0 atom stereocenters. The van der Waals surface area contributed by atoms with Crippen molar-refractivity contribution in [3.63, 3.8) is 0 Å². The molecule has 2 heterocycles. The summed E-state index contributed by atoms with van der Waals surface area (Å²) >= 11 is 4.24. The first-order valence-electron chi connectivity index (χ1n) is 7.89. The van der Waals surface area contributed by atoms with Gasteiger partial charge in [0.2, 0.25) is 0 Å². The molecule has 4 heteroatoms. The van der Waals surface area contributed by atoms with Crippen LogP contribution in [0.1, 0.15) is 55.3 Å². The molecule has 0 saturated heterocycles. The fourth-order valence-electron chi connectivity index (χ4n) is 2.78. The summed E-state index contributed by atoms with van der Waals surface area (Å²) in [6.45, 7) is 17.5. The van der Waals surface area contributed by atoms with Gasteiger partial charge in [-0.1, -0.05) is 0 Å². The Morgan fingerprint density at radius 2 is 1.09 bits per heavy atom.